The summed E-state index contributed by atoms with van der Waals surface area (Å²) in [6.45, 7) is 1.88. The first kappa shape index (κ1) is 18.9. The molecule has 4 rings (SSSR count). The maximum absolute atomic E-state index is 13.3. The molecule has 148 valence electrons. The number of ether oxygens (including phenoxy) is 2. The normalized spacial score (nSPS) is 25.4. The molecule has 2 atom stereocenters. The summed E-state index contributed by atoms with van der Waals surface area (Å²) in [5.41, 5.74) is 3.09. The minimum absolute atomic E-state index is 0.0175. The van der Waals surface area contributed by atoms with Crippen molar-refractivity contribution in [3.05, 3.63) is 41.1 Å². The number of aliphatic imine (C=N–C) groups is 1. The van der Waals surface area contributed by atoms with Crippen molar-refractivity contribution in [1.82, 2.24) is 0 Å². The lowest BCUT2D eigenvalue weighted by Gasteiger charge is -2.35. The topological polar surface area (TPSA) is 65.0 Å². The second-order valence-electron chi connectivity index (χ2n) is 7.93. The Balaban J connectivity index is 1.79. The molecular weight excluding hydrogens is 354 g/mol. The fraction of sp³-hybridized carbons (Fsp3) is 0.522. The van der Waals surface area contributed by atoms with Crippen LogP contribution in [-0.2, 0) is 14.3 Å². The van der Waals surface area contributed by atoms with Crippen LogP contribution in [0.15, 0.2) is 40.5 Å². The number of carbonyl (C=O) groups excluding carboxylic acids is 2. The lowest BCUT2D eigenvalue weighted by atomic mass is 9.71. The molecule has 0 amide bonds. The van der Waals surface area contributed by atoms with Gasteiger partial charge in [0, 0.05) is 34.9 Å². The summed E-state index contributed by atoms with van der Waals surface area (Å²) in [5, 5.41) is 0. The van der Waals surface area contributed by atoms with E-state index in [9.17, 15) is 9.59 Å². The number of carbonyl (C=O) groups is 2. The summed E-state index contributed by atoms with van der Waals surface area (Å²) >= 11 is 0. The van der Waals surface area contributed by atoms with E-state index in [1.807, 2.05) is 31.2 Å². The third-order valence-electron chi connectivity index (χ3n) is 6.15. The first-order valence-corrected chi connectivity index (χ1v) is 10.2. The van der Waals surface area contributed by atoms with Crippen molar-refractivity contribution in [2.75, 3.05) is 7.11 Å². The minimum atomic E-state index is -0.585. The van der Waals surface area contributed by atoms with E-state index in [0.717, 1.165) is 55.5 Å². The average molecular weight is 381 g/mol. The molecule has 5 nitrogen and oxygen atoms in total. The molecule has 0 bridgehead atoms. The maximum atomic E-state index is 13.3. The van der Waals surface area contributed by atoms with Crippen LogP contribution >= 0.6 is 0 Å². The first-order chi connectivity index (χ1) is 13.6. The van der Waals surface area contributed by atoms with Gasteiger partial charge in [0.15, 0.2) is 5.78 Å². The number of nitrogens with zero attached hydrogens (tertiary/aromatic N) is 1. The molecule has 3 aliphatic rings. The summed E-state index contributed by atoms with van der Waals surface area (Å²) in [7, 11) is 1.62. The highest BCUT2D eigenvalue weighted by Crippen LogP contribution is 2.46. The molecule has 1 saturated carbocycles. The molecule has 0 radical (unpaired) electrons. The van der Waals surface area contributed by atoms with Crippen LogP contribution in [0, 0.1) is 5.92 Å². The Morgan fingerprint density at radius 2 is 1.86 bits per heavy atom. The van der Waals surface area contributed by atoms with Crippen LogP contribution in [0.1, 0.15) is 63.4 Å². The molecule has 1 unspecified atom stereocenters. The molecule has 0 saturated heterocycles. The Morgan fingerprint density at radius 3 is 2.61 bits per heavy atom. The van der Waals surface area contributed by atoms with Crippen molar-refractivity contribution in [3.8, 4) is 5.75 Å². The summed E-state index contributed by atoms with van der Waals surface area (Å²) < 4.78 is 11.5. The zero-order chi connectivity index (χ0) is 19.7. The van der Waals surface area contributed by atoms with Gasteiger partial charge in [-0.15, -0.1) is 0 Å². The van der Waals surface area contributed by atoms with Gasteiger partial charge in [0.05, 0.1) is 7.11 Å². The average Bonchev–Trinajstić information content (AvgIpc) is 3.20. The zero-order valence-electron chi connectivity index (χ0n) is 16.6. The van der Waals surface area contributed by atoms with Gasteiger partial charge in [-0.05, 0) is 51.5 Å². The van der Waals surface area contributed by atoms with E-state index in [4.69, 9.17) is 14.5 Å². The van der Waals surface area contributed by atoms with E-state index in [2.05, 4.69) is 0 Å². The molecule has 1 aliphatic heterocycles. The van der Waals surface area contributed by atoms with Crippen molar-refractivity contribution in [2.24, 2.45) is 10.9 Å². The quantitative estimate of drug-likeness (QED) is 0.727. The van der Waals surface area contributed by atoms with Crippen LogP contribution in [0.4, 0.5) is 0 Å². The summed E-state index contributed by atoms with van der Waals surface area (Å²) in [6.07, 6.45) is 6.10. The van der Waals surface area contributed by atoms with Crippen molar-refractivity contribution >= 4 is 17.5 Å². The van der Waals surface area contributed by atoms with Gasteiger partial charge in [0.25, 0.3) is 0 Å². The molecule has 0 spiro atoms. The number of benzene rings is 1. The standard InChI is InChI=1S/C23H27NO4/c1-14-20(23(26)28-15-8-3-4-9-15)21(16-10-5-6-13-19(16)27-2)22-17(24-14)11-7-12-18(22)25/h5-6,10,13,15,20-21H,3-4,7-9,11-12H2,1-2H3/t20?,21-/m1/s1. The zero-order valence-corrected chi connectivity index (χ0v) is 16.6. The Labute approximate surface area is 165 Å². The van der Waals surface area contributed by atoms with E-state index in [0.29, 0.717) is 17.7 Å². The van der Waals surface area contributed by atoms with Crippen LogP contribution in [0.5, 0.6) is 5.75 Å². The van der Waals surface area contributed by atoms with Gasteiger partial charge in [0.1, 0.15) is 17.8 Å². The van der Waals surface area contributed by atoms with Crippen LogP contribution in [0.2, 0.25) is 0 Å². The Morgan fingerprint density at radius 1 is 1.11 bits per heavy atom. The van der Waals surface area contributed by atoms with Crippen LogP contribution in [-0.4, -0.2) is 30.7 Å². The molecule has 1 heterocycles. The molecule has 0 aromatic heterocycles. The van der Waals surface area contributed by atoms with Gasteiger partial charge in [-0.2, -0.15) is 0 Å². The van der Waals surface area contributed by atoms with E-state index in [1.54, 1.807) is 7.11 Å². The monoisotopic (exact) mass is 381 g/mol. The number of methoxy groups -OCH3 is 1. The second kappa shape index (κ2) is 7.90. The van der Waals surface area contributed by atoms with Gasteiger partial charge >= 0.3 is 5.97 Å². The van der Waals surface area contributed by atoms with E-state index in [1.165, 1.54) is 0 Å². The summed E-state index contributed by atoms with van der Waals surface area (Å²) in [6, 6.07) is 7.65. The van der Waals surface area contributed by atoms with E-state index in [-0.39, 0.29) is 17.9 Å². The number of hydrogen-bond donors (Lipinski definition) is 0. The number of ketones is 1. The minimum Gasteiger partial charge on any atom is -0.496 e. The number of hydrogen-bond acceptors (Lipinski definition) is 5. The molecule has 5 heteroatoms. The summed E-state index contributed by atoms with van der Waals surface area (Å²) in [4.78, 5) is 30.9. The van der Waals surface area contributed by atoms with E-state index < -0.39 is 11.8 Å². The number of allylic oxidation sites excluding steroid dienone is 2. The van der Waals surface area contributed by atoms with E-state index >= 15 is 0 Å². The fourth-order valence-electron chi connectivity index (χ4n) is 4.81. The van der Waals surface area contributed by atoms with Crippen molar-refractivity contribution in [3.63, 3.8) is 0 Å². The molecule has 2 aliphatic carbocycles. The molecular formula is C23H27NO4. The van der Waals surface area contributed by atoms with Gasteiger partial charge in [-0.3, -0.25) is 14.6 Å². The largest absolute Gasteiger partial charge is 0.496 e. The Hall–Kier alpha value is -2.43. The fourth-order valence-corrected chi connectivity index (χ4v) is 4.81. The lowest BCUT2D eigenvalue weighted by molar-refractivity contribution is -0.151. The lowest BCUT2D eigenvalue weighted by Crippen LogP contribution is -2.38. The molecule has 1 fully saturated rings. The van der Waals surface area contributed by atoms with Gasteiger partial charge in [0.2, 0.25) is 0 Å². The number of esters is 1. The van der Waals surface area contributed by atoms with Crippen molar-refractivity contribution in [1.29, 1.82) is 0 Å². The number of para-hydroxylation sites is 1. The predicted octanol–water partition coefficient (Wildman–Crippen LogP) is 4.36. The van der Waals surface area contributed by atoms with Crippen molar-refractivity contribution in [2.45, 2.75) is 63.9 Å². The van der Waals surface area contributed by atoms with Gasteiger partial charge in [-0.1, -0.05) is 18.2 Å². The smallest absolute Gasteiger partial charge is 0.315 e. The van der Waals surface area contributed by atoms with Gasteiger partial charge < -0.3 is 9.47 Å². The third-order valence-corrected chi connectivity index (χ3v) is 6.15. The predicted molar refractivity (Wildman–Crippen MR) is 107 cm³/mol. The Kier molecular flexibility index (Phi) is 5.33. The van der Waals surface area contributed by atoms with Crippen LogP contribution in [0.3, 0.4) is 0 Å². The molecule has 1 aromatic rings. The molecule has 28 heavy (non-hydrogen) atoms. The number of Topliss-reactive ketones (excluding diaryl/α,β-unsaturated/α-hetero) is 1. The third kappa shape index (κ3) is 3.38. The number of rotatable bonds is 4. The maximum Gasteiger partial charge on any atom is 0.315 e. The highest BCUT2D eigenvalue weighted by Gasteiger charge is 2.44. The molecule has 0 N–H and O–H groups in total. The Bertz CT molecular complexity index is 848. The molecule has 1 aromatic carbocycles. The highest BCUT2D eigenvalue weighted by molar-refractivity contribution is 6.09. The summed E-state index contributed by atoms with van der Waals surface area (Å²) in [5.74, 6) is -0.477. The van der Waals surface area contributed by atoms with Crippen molar-refractivity contribution < 1.29 is 19.1 Å². The second-order valence-corrected chi connectivity index (χ2v) is 7.93. The van der Waals surface area contributed by atoms with Gasteiger partial charge in [-0.25, -0.2) is 0 Å². The highest BCUT2D eigenvalue weighted by atomic mass is 16.5. The van der Waals surface area contributed by atoms with Crippen LogP contribution in [0.25, 0.3) is 0 Å². The van der Waals surface area contributed by atoms with Crippen LogP contribution < -0.4 is 4.74 Å². The SMILES string of the molecule is COc1ccccc1[C@H]1C2=C(CCCC2=O)N=C(C)C1C(=O)OC1CCCC1. The first-order valence-electron chi connectivity index (χ1n) is 10.2.